The molecule has 1 aliphatic rings. The van der Waals surface area contributed by atoms with Gasteiger partial charge in [-0.05, 0) is 57.2 Å². The highest BCUT2D eigenvalue weighted by Crippen LogP contribution is 2.39. The molecule has 0 saturated heterocycles. The standard InChI is InChI=1S/C18H21NO4S2/c1-3-23-18(20)16-14-6-4-5-7-15(14)24-17(16)19-25(21,22)13-10-8-12(2)9-11-13/h8-11,19H,3-7H2,1-2H3. The van der Waals surface area contributed by atoms with Crippen molar-refractivity contribution in [2.45, 2.75) is 44.4 Å². The van der Waals surface area contributed by atoms with Crippen LogP contribution in [0.4, 0.5) is 5.00 Å². The number of anilines is 1. The van der Waals surface area contributed by atoms with Gasteiger partial charge in [0.25, 0.3) is 10.0 Å². The average molecular weight is 380 g/mol. The molecule has 2 aromatic rings. The van der Waals surface area contributed by atoms with Crippen molar-refractivity contribution >= 4 is 32.3 Å². The third-order valence-electron chi connectivity index (χ3n) is 4.21. The van der Waals surface area contributed by atoms with Crippen LogP contribution >= 0.6 is 11.3 Å². The van der Waals surface area contributed by atoms with E-state index in [0.29, 0.717) is 10.6 Å². The van der Waals surface area contributed by atoms with Gasteiger partial charge in [-0.25, -0.2) is 13.2 Å². The summed E-state index contributed by atoms with van der Waals surface area (Å²) in [7, 11) is -3.75. The predicted octanol–water partition coefficient (Wildman–Crippen LogP) is 3.91. The van der Waals surface area contributed by atoms with Crippen molar-refractivity contribution in [2.75, 3.05) is 11.3 Å². The Hall–Kier alpha value is -1.86. The number of benzene rings is 1. The van der Waals surface area contributed by atoms with Crippen LogP contribution in [0, 0.1) is 6.92 Å². The van der Waals surface area contributed by atoms with Crippen LogP contribution in [-0.4, -0.2) is 21.0 Å². The molecule has 0 aliphatic heterocycles. The van der Waals surface area contributed by atoms with Gasteiger partial charge < -0.3 is 4.74 Å². The fourth-order valence-corrected chi connectivity index (χ4v) is 5.54. The highest BCUT2D eigenvalue weighted by molar-refractivity contribution is 7.93. The molecule has 0 atom stereocenters. The fraction of sp³-hybridized carbons (Fsp3) is 0.389. The lowest BCUT2D eigenvalue weighted by atomic mass is 9.95. The summed E-state index contributed by atoms with van der Waals surface area (Å²) in [5.41, 5.74) is 2.31. The van der Waals surface area contributed by atoms with E-state index in [1.54, 1.807) is 31.2 Å². The molecule has 0 unspecified atom stereocenters. The number of carbonyl (C=O) groups is 1. The van der Waals surface area contributed by atoms with E-state index in [-0.39, 0.29) is 11.5 Å². The number of esters is 1. The zero-order valence-corrected chi connectivity index (χ0v) is 15.9. The molecular formula is C18H21NO4S2. The summed E-state index contributed by atoms with van der Waals surface area (Å²) in [5, 5.41) is 0.367. The Morgan fingerprint density at radius 3 is 2.56 bits per heavy atom. The van der Waals surface area contributed by atoms with Crippen molar-refractivity contribution in [2.24, 2.45) is 0 Å². The van der Waals surface area contributed by atoms with Crippen molar-refractivity contribution in [1.29, 1.82) is 0 Å². The molecule has 0 amide bonds. The Kier molecular flexibility index (Phi) is 5.15. The lowest BCUT2D eigenvalue weighted by Crippen LogP contribution is -2.16. The second kappa shape index (κ2) is 7.17. The molecule has 0 saturated carbocycles. The van der Waals surface area contributed by atoms with Gasteiger partial charge in [0, 0.05) is 4.88 Å². The summed E-state index contributed by atoms with van der Waals surface area (Å²) in [5.74, 6) is -0.455. The number of fused-ring (bicyclic) bond motifs is 1. The third kappa shape index (κ3) is 3.72. The number of sulfonamides is 1. The maximum atomic E-state index is 12.7. The predicted molar refractivity (Wildman–Crippen MR) is 98.9 cm³/mol. The minimum Gasteiger partial charge on any atom is -0.462 e. The Balaban J connectivity index is 2.00. The zero-order valence-electron chi connectivity index (χ0n) is 14.3. The topological polar surface area (TPSA) is 72.5 Å². The maximum absolute atomic E-state index is 12.7. The summed E-state index contributed by atoms with van der Waals surface area (Å²) >= 11 is 1.35. The van der Waals surface area contributed by atoms with Crippen LogP contribution in [0.1, 0.15) is 46.1 Å². The Labute approximate surface area is 152 Å². The van der Waals surface area contributed by atoms with Crippen molar-refractivity contribution in [1.82, 2.24) is 0 Å². The minimum atomic E-state index is -3.75. The van der Waals surface area contributed by atoms with E-state index < -0.39 is 16.0 Å². The average Bonchev–Trinajstić information content (AvgIpc) is 2.92. The normalized spacial score (nSPS) is 14.0. The van der Waals surface area contributed by atoms with E-state index in [2.05, 4.69) is 4.72 Å². The number of thiophene rings is 1. The van der Waals surface area contributed by atoms with Crippen molar-refractivity contribution in [3.05, 3.63) is 45.8 Å². The first-order valence-corrected chi connectivity index (χ1v) is 10.6. The highest BCUT2D eigenvalue weighted by atomic mass is 32.2. The molecule has 0 radical (unpaired) electrons. The van der Waals surface area contributed by atoms with Crippen LogP contribution in [0.5, 0.6) is 0 Å². The number of rotatable bonds is 5. The Morgan fingerprint density at radius 2 is 1.88 bits per heavy atom. The van der Waals surface area contributed by atoms with Gasteiger partial charge >= 0.3 is 5.97 Å². The van der Waals surface area contributed by atoms with E-state index in [9.17, 15) is 13.2 Å². The number of aryl methyl sites for hydroxylation is 2. The quantitative estimate of drug-likeness (QED) is 0.800. The first kappa shape index (κ1) is 17.9. The molecule has 5 nitrogen and oxygen atoms in total. The molecule has 0 fully saturated rings. The largest absolute Gasteiger partial charge is 0.462 e. The van der Waals surface area contributed by atoms with Crippen LogP contribution < -0.4 is 4.72 Å². The number of carbonyl (C=O) groups excluding carboxylic acids is 1. The third-order valence-corrected chi connectivity index (χ3v) is 6.91. The lowest BCUT2D eigenvalue weighted by Gasteiger charge is -2.12. The van der Waals surface area contributed by atoms with Gasteiger partial charge in [0.05, 0.1) is 17.1 Å². The van der Waals surface area contributed by atoms with Gasteiger partial charge in [0.2, 0.25) is 0 Å². The summed E-state index contributed by atoms with van der Waals surface area (Å²) < 4.78 is 33.2. The molecule has 0 bridgehead atoms. The van der Waals surface area contributed by atoms with Gasteiger partial charge in [-0.2, -0.15) is 0 Å². The van der Waals surface area contributed by atoms with Crippen molar-refractivity contribution in [3.8, 4) is 0 Å². The molecule has 7 heteroatoms. The van der Waals surface area contributed by atoms with E-state index in [4.69, 9.17) is 4.74 Å². The second-order valence-electron chi connectivity index (χ2n) is 6.05. The molecule has 1 aromatic heterocycles. The molecule has 134 valence electrons. The van der Waals surface area contributed by atoms with E-state index >= 15 is 0 Å². The van der Waals surface area contributed by atoms with Gasteiger partial charge in [-0.1, -0.05) is 17.7 Å². The maximum Gasteiger partial charge on any atom is 0.341 e. The van der Waals surface area contributed by atoms with Crippen LogP contribution in [0.15, 0.2) is 29.2 Å². The summed E-state index contributed by atoms with van der Waals surface area (Å²) in [6.45, 7) is 3.90. The van der Waals surface area contributed by atoms with Crippen LogP contribution in [0.3, 0.4) is 0 Å². The number of hydrogen-bond donors (Lipinski definition) is 1. The van der Waals surface area contributed by atoms with Crippen molar-refractivity contribution in [3.63, 3.8) is 0 Å². The van der Waals surface area contributed by atoms with Gasteiger partial charge in [-0.15, -0.1) is 11.3 Å². The zero-order chi connectivity index (χ0) is 18.0. The molecule has 3 rings (SSSR count). The summed E-state index contributed by atoms with van der Waals surface area (Å²) in [6.07, 6.45) is 3.71. The second-order valence-corrected chi connectivity index (χ2v) is 8.84. The highest BCUT2D eigenvalue weighted by Gasteiger charge is 2.28. The van der Waals surface area contributed by atoms with Crippen LogP contribution in [0.2, 0.25) is 0 Å². The van der Waals surface area contributed by atoms with Gasteiger partial charge in [0.1, 0.15) is 5.00 Å². The van der Waals surface area contributed by atoms with Gasteiger partial charge in [-0.3, -0.25) is 4.72 Å². The summed E-state index contributed by atoms with van der Waals surface area (Å²) in [4.78, 5) is 13.7. The number of ether oxygens (including phenoxy) is 1. The monoisotopic (exact) mass is 379 g/mol. The molecule has 25 heavy (non-hydrogen) atoms. The van der Waals surface area contributed by atoms with E-state index in [0.717, 1.165) is 41.7 Å². The Morgan fingerprint density at radius 1 is 1.20 bits per heavy atom. The van der Waals surface area contributed by atoms with E-state index in [1.807, 2.05) is 6.92 Å². The smallest absolute Gasteiger partial charge is 0.341 e. The number of hydrogen-bond acceptors (Lipinski definition) is 5. The molecule has 1 N–H and O–H groups in total. The van der Waals surface area contributed by atoms with Crippen molar-refractivity contribution < 1.29 is 17.9 Å². The first-order chi connectivity index (χ1) is 11.9. The fourth-order valence-electron chi connectivity index (χ4n) is 2.96. The van der Waals surface area contributed by atoms with Gasteiger partial charge in [0.15, 0.2) is 0 Å². The summed E-state index contributed by atoms with van der Waals surface area (Å²) in [6, 6.07) is 6.63. The Bertz CT molecular complexity index is 883. The van der Waals surface area contributed by atoms with Crippen LogP contribution in [-0.2, 0) is 27.6 Å². The molecule has 1 heterocycles. The minimum absolute atomic E-state index is 0.180. The van der Waals surface area contributed by atoms with Crippen LogP contribution in [0.25, 0.3) is 0 Å². The SMILES string of the molecule is CCOC(=O)c1c(NS(=O)(=O)c2ccc(C)cc2)sc2c1CCCC2. The lowest BCUT2D eigenvalue weighted by molar-refractivity contribution is 0.0526. The van der Waals surface area contributed by atoms with E-state index in [1.165, 1.54) is 11.3 Å². The molecule has 1 aromatic carbocycles. The first-order valence-electron chi connectivity index (χ1n) is 8.33. The molecule has 1 aliphatic carbocycles. The number of nitrogens with one attached hydrogen (secondary N) is 1. The molecular weight excluding hydrogens is 358 g/mol. The molecule has 0 spiro atoms.